The number of carboxylic acids is 2. The normalized spacial score (nSPS) is 15.9. The highest BCUT2D eigenvalue weighted by atomic mass is 31.2. The zero-order valence-electron chi connectivity index (χ0n) is 13.7. The van der Waals surface area contributed by atoms with Gasteiger partial charge in [0.15, 0.2) is 10.8 Å². The third-order valence-electron chi connectivity index (χ3n) is 4.13. The number of benzene rings is 1. The number of rotatable bonds is 9. The second kappa shape index (κ2) is 8.00. The maximum atomic E-state index is 11.9. The van der Waals surface area contributed by atoms with E-state index in [-0.39, 0.29) is 6.42 Å². The molecule has 0 amide bonds. The molecule has 0 aliphatic carbocycles. The molecule has 0 heterocycles. The first-order valence-corrected chi connectivity index (χ1v) is 10.6. The lowest BCUT2D eigenvalue weighted by Crippen LogP contribution is -2.44. The fourth-order valence-electron chi connectivity index (χ4n) is 2.46. The highest BCUT2D eigenvalue weighted by Gasteiger charge is 2.57. The van der Waals surface area contributed by atoms with Gasteiger partial charge in [0.25, 0.3) is 0 Å². The Morgan fingerprint density at radius 2 is 1.54 bits per heavy atom. The second-order valence-electron chi connectivity index (χ2n) is 6.01. The van der Waals surface area contributed by atoms with Crippen molar-refractivity contribution in [1.29, 1.82) is 0 Å². The van der Waals surface area contributed by atoms with E-state index in [2.05, 4.69) is 0 Å². The van der Waals surface area contributed by atoms with E-state index in [1.807, 2.05) is 0 Å². The Kier molecular flexibility index (Phi) is 6.92. The average molecular weight is 410 g/mol. The van der Waals surface area contributed by atoms with Gasteiger partial charge in [0.05, 0.1) is 0 Å². The number of aliphatic carboxylic acids is 2. The molecule has 0 spiro atoms. The van der Waals surface area contributed by atoms with Gasteiger partial charge in [-0.15, -0.1) is 0 Å². The average Bonchev–Trinajstić information content (AvgIpc) is 2.45. The summed E-state index contributed by atoms with van der Waals surface area (Å²) >= 11 is 0. The molecule has 12 heteroatoms. The standard InChI is InChI=1S/C14H20O10P2/c1-9-2-4-10(5-3-9)6-7-14(13(17)18,26(22,23)24)8-11(12(15)16)25(19,20)21/h2-5,11H,6-8H2,1H3,(H,15,16)(H,17,18)(H2,19,20,21)(H2,22,23,24). The maximum absolute atomic E-state index is 11.9. The van der Waals surface area contributed by atoms with Gasteiger partial charge < -0.3 is 29.8 Å². The van der Waals surface area contributed by atoms with Crippen molar-refractivity contribution in [3.8, 4) is 0 Å². The van der Waals surface area contributed by atoms with Crippen molar-refractivity contribution in [2.75, 3.05) is 0 Å². The molecule has 0 bridgehead atoms. The van der Waals surface area contributed by atoms with Gasteiger partial charge in [-0.2, -0.15) is 0 Å². The van der Waals surface area contributed by atoms with Gasteiger partial charge in [0.1, 0.15) is 0 Å². The van der Waals surface area contributed by atoms with Gasteiger partial charge in [-0.3, -0.25) is 18.7 Å². The summed E-state index contributed by atoms with van der Waals surface area (Å²) in [5, 5.41) is 15.5. The monoisotopic (exact) mass is 410 g/mol. The van der Waals surface area contributed by atoms with E-state index in [1.54, 1.807) is 31.2 Å². The van der Waals surface area contributed by atoms with Crippen LogP contribution in [0.1, 0.15) is 24.0 Å². The molecule has 0 aliphatic heterocycles. The van der Waals surface area contributed by atoms with Crippen molar-refractivity contribution in [2.24, 2.45) is 0 Å². The van der Waals surface area contributed by atoms with Crippen molar-refractivity contribution in [1.82, 2.24) is 0 Å². The largest absolute Gasteiger partial charge is 0.481 e. The van der Waals surface area contributed by atoms with Crippen molar-refractivity contribution < 1.29 is 48.5 Å². The minimum absolute atomic E-state index is 0.134. The summed E-state index contributed by atoms with van der Waals surface area (Å²) < 4.78 is 23.3. The van der Waals surface area contributed by atoms with Crippen molar-refractivity contribution in [3.05, 3.63) is 35.4 Å². The van der Waals surface area contributed by atoms with Crippen molar-refractivity contribution in [3.63, 3.8) is 0 Å². The summed E-state index contributed by atoms with van der Waals surface area (Å²) in [6.45, 7) is 1.80. The van der Waals surface area contributed by atoms with Gasteiger partial charge in [0.2, 0.25) is 0 Å². The second-order valence-corrected chi connectivity index (χ2v) is 9.76. The third kappa shape index (κ3) is 5.23. The van der Waals surface area contributed by atoms with E-state index >= 15 is 0 Å². The summed E-state index contributed by atoms with van der Waals surface area (Å²) in [7, 11) is -10.8. The smallest absolute Gasteiger partial charge is 0.342 e. The predicted molar refractivity (Wildman–Crippen MR) is 90.0 cm³/mol. The van der Waals surface area contributed by atoms with E-state index in [0.717, 1.165) is 5.56 Å². The first-order chi connectivity index (χ1) is 11.7. The van der Waals surface area contributed by atoms with Crippen LogP contribution in [-0.4, -0.2) is 52.5 Å². The fourth-order valence-corrected chi connectivity index (χ4v) is 4.52. The van der Waals surface area contributed by atoms with Gasteiger partial charge in [-0.1, -0.05) is 29.8 Å². The van der Waals surface area contributed by atoms with Crippen LogP contribution in [0.4, 0.5) is 0 Å². The number of carbonyl (C=O) groups is 2. The van der Waals surface area contributed by atoms with Gasteiger partial charge in [-0.25, -0.2) is 0 Å². The first-order valence-electron chi connectivity index (χ1n) is 7.33. The topological polar surface area (TPSA) is 190 Å². The predicted octanol–water partition coefficient (Wildman–Crippen LogP) is 0.950. The zero-order valence-corrected chi connectivity index (χ0v) is 15.5. The lowest BCUT2D eigenvalue weighted by molar-refractivity contribution is -0.142. The van der Waals surface area contributed by atoms with Crippen LogP contribution in [0.5, 0.6) is 0 Å². The van der Waals surface area contributed by atoms with E-state index in [1.165, 1.54) is 0 Å². The molecule has 0 saturated carbocycles. The van der Waals surface area contributed by atoms with Gasteiger partial charge in [0, 0.05) is 0 Å². The van der Waals surface area contributed by atoms with Crippen LogP contribution < -0.4 is 0 Å². The summed E-state index contributed by atoms with van der Waals surface area (Å²) in [5.41, 5.74) is -1.11. The Bertz CT molecular complexity index is 762. The van der Waals surface area contributed by atoms with E-state index in [9.17, 15) is 33.6 Å². The van der Waals surface area contributed by atoms with E-state index in [4.69, 9.17) is 14.9 Å². The molecule has 0 aliphatic rings. The molecule has 1 aromatic carbocycles. The Labute approximate surface area is 148 Å². The Hall–Kier alpha value is -1.54. The Morgan fingerprint density at radius 3 is 1.88 bits per heavy atom. The molecule has 2 unspecified atom stereocenters. The molecule has 26 heavy (non-hydrogen) atoms. The molecule has 1 rings (SSSR count). The van der Waals surface area contributed by atoms with Crippen LogP contribution in [-0.2, 0) is 25.1 Å². The Morgan fingerprint density at radius 1 is 1.04 bits per heavy atom. The molecular weight excluding hydrogens is 390 g/mol. The molecule has 146 valence electrons. The van der Waals surface area contributed by atoms with E-state index in [0.29, 0.717) is 5.56 Å². The van der Waals surface area contributed by atoms with Crippen LogP contribution in [0, 0.1) is 6.92 Å². The van der Waals surface area contributed by atoms with Gasteiger partial charge >= 0.3 is 27.1 Å². The number of aryl methyl sites for hydroxylation is 2. The summed E-state index contributed by atoms with van der Waals surface area (Å²) in [6, 6.07) is 6.62. The number of hydrogen-bond acceptors (Lipinski definition) is 4. The molecule has 6 N–H and O–H groups in total. The maximum Gasteiger partial charge on any atom is 0.342 e. The minimum atomic E-state index is -5.48. The summed E-state index contributed by atoms with van der Waals surface area (Å²) in [6.07, 6.45) is -2.23. The highest BCUT2D eigenvalue weighted by molar-refractivity contribution is 7.55. The minimum Gasteiger partial charge on any atom is -0.481 e. The van der Waals surface area contributed by atoms with Crippen LogP contribution in [0.3, 0.4) is 0 Å². The summed E-state index contributed by atoms with van der Waals surface area (Å²) in [4.78, 5) is 60.4. The van der Waals surface area contributed by atoms with E-state index < -0.39 is 50.8 Å². The third-order valence-corrected chi connectivity index (χ3v) is 7.05. The molecule has 0 aromatic heterocycles. The molecule has 1 aromatic rings. The summed E-state index contributed by atoms with van der Waals surface area (Å²) in [5.74, 6) is -4.05. The van der Waals surface area contributed by atoms with Crippen molar-refractivity contribution >= 4 is 27.1 Å². The van der Waals surface area contributed by atoms with Crippen LogP contribution in [0.25, 0.3) is 0 Å². The molecule has 0 saturated heterocycles. The fraction of sp³-hybridized carbons (Fsp3) is 0.429. The quantitative estimate of drug-likeness (QED) is 0.320. The first kappa shape index (κ1) is 22.5. The highest BCUT2D eigenvalue weighted by Crippen LogP contribution is 2.59. The molecule has 0 fully saturated rings. The van der Waals surface area contributed by atoms with Crippen molar-refractivity contribution in [2.45, 2.75) is 37.0 Å². The molecule has 10 nitrogen and oxygen atoms in total. The van der Waals surface area contributed by atoms with Crippen LogP contribution in [0.2, 0.25) is 0 Å². The number of hydrogen-bond donors (Lipinski definition) is 6. The number of carboxylic acid groups (broad SMARTS) is 2. The lowest BCUT2D eigenvalue weighted by atomic mass is 9.93. The molecule has 0 radical (unpaired) electrons. The molecular formula is C14H20O10P2. The van der Waals surface area contributed by atoms with Gasteiger partial charge in [-0.05, 0) is 31.7 Å². The SMILES string of the molecule is Cc1ccc(CCC(CC(C(=O)O)P(=O)(O)O)(C(=O)O)P(=O)(O)O)cc1. The zero-order chi connectivity index (χ0) is 20.3. The Balaban J connectivity index is 3.31. The van der Waals surface area contributed by atoms with Crippen LogP contribution >= 0.6 is 15.2 Å². The lowest BCUT2D eigenvalue weighted by Gasteiger charge is -2.32. The van der Waals surface area contributed by atoms with Crippen LogP contribution in [0.15, 0.2) is 24.3 Å². The molecule has 2 atom stereocenters.